The van der Waals surface area contributed by atoms with Crippen molar-refractivity contribution < 1.29 is 9.53 Å². The maximum absolute atomic E-state index is 11.7. The van der Waals surface area contributed by atoms with Crippen molar-refractivity contribution in [3.05, 3.63) is 28.6 Å². The summed E-state index contributed by atoms with van der Waals surface area (Å²) in [5, 5.41) is 6.08. The summed E-state index contributed by atoms with van der Waals surface area (Å²) in [6.45, 7) is 5.47. The van der Waals surface area contributed by atoms with Crippen LogP contribution in [0.2, 0.25) is 5.02 Å². The number of anilines is 1. The van der Waals surface area contributed by atoms with E-state index < -0.39 is 11.7 Å². The summed E-state index contributed by atoms with van der Waals surface area (Å²) in [4.78, 5) is 11.7. The van der Waals surface area contributed by atoms with E-state index in [1.165, 1.54) is 0 Å². The van der Waals surface area contributed by atoms with Gasteiger partial charge < -0.3 is 4.74 Å². The third kappa shape index (κ3) is 2.94. The van der Waals surface area contributed by atoms with Gasteiger partial charge in [0.15, 0.2) is 0 Å². The zero-order chi connectivity index (χ0) is 13.3. The molecular formula is C13H14ClNO2S. The molecule has 1 heterocycles. The first-order valence-corrected chi connectivity index (χ1v) is 6.78. The van der Waals surface area contributed by atoms with E-state index in [1.807, 2.05) is 44.4 Å². The van der Waals surface area contributed by atoms with E-state index in [9.17, 15) is 4.79 Å². The molecule has 2 rings (SSSR count). The number of hydrogen-bond acceptors (Lipinski definition) is 3. The van der Waals surface area contributed by atoms with Crippen LogP contribution in [0.5, 0.6) is 0 Å². The quantitative estimate of drug-likeness (QED) is 0.808. The van der Waals surface area contributed by atoms with Crippen molar-refractivity contribution in [2.45, 2.75) is 26.4 Å². The number of benzene rings is 1. The smallest absolute Gasteiger partial charge is 0.412 e. The molecule has 0 saturated heterocycles. The highest BCUT2D eigenvalue weighted by Gasteiger charge is 2.17. The van der Waals surface area contributed by atoms with Gasteiger partial charge in [0.1, 0.15) is 5.60 Å². The molecule has 0 spiro atoms. The fourth-order valence-electron chi connectivity index (χ4n) is 1.57. The number of rotatable bonds is 1. The molecule has 0 atom stereocenters. The summed E-state index contributed by atoms with van der Waals surface area (Å²) in [5.74, 6) is 0. The summed E-state index contributed by atoms with van der Waals surface area (Å²) in [7, 11) is 0. The molecule has 1 aromatic heterocycles. The second-order valence-electron chi connectivity index (χ2n) is 4.89. The van der Waals surface area contributed by atoms with E-state index in [-0.39, 0.29) is 0 Å². The molecule has 0 fully saturated rings. The minimum atomic E-state index is -0.517. The number of fused-ring (bicyclic) bond motifs is 1. The fraction of sp³-hybridized carbons (Fsp3) is 0.308. The SMILES string of the molecule is CC(C)(C)OC(=O)Nc1cccc2scc(Cl)c12. The molecule has 0 radical (unpaired) electrons. The van der Waals surface area contributed by atoms with E-state index in [4.69, 9.17) is 16.3 Å². The minimum absolute atomic E-state index is 0.475. The molecule has 0 saturated carbocycles. The van der Waals surface area contributed by atoms with Gasteiger partial charge in [0.2, 0.25) is 0 Å². The predicted molar refractivity (Wildman–Crippen MR) is 76.7 cm³/mol. The molecule has 0 unspecified atom stereocenters. The lowest BCUT2D eigenvalue weighted by Gasteiger charge is -2.19. The van der Waals surface area contributed by atoms with Crippen molar-refractivity contribution in [2.24, 2.45) is 0 Å². The molecule has 0 aliphatic heterocycles. The van der Waals surface area contributed by atoms with Crippen LogP contribution in [0.25, 0.3) is 10.1 Å². The molecule has 0 aliphatic carbocycles. The van der Waals surface area contributed by atoms with Gasteiger partial charge in [0.25, 0.3) is 0 Å². The number of nitrogens with one attached hydrogen (secondary N) is 1. The van der Waals surface area contributed by atoms with Crippen LogP contribution in [0.15, 0.2) is 23.6 Å². The van der Waals surface area contributed by atoms with Crippen molar-refractivity contribution in [1.82, 2.24) is 0 Å². The number of halogens is 1. The average molecular weight is 284 g/mol. The van der Waals surface area contributed by atoms with Crippen molar-refractivity contribution in [3.63, 3.8) is 0 Å². The third-order valence-electron chi connectivity index (χ3n) is 2.19. The van der Waals surface area contributed by atoms with Gasteiger partial charge in [-0.2, -0.15) is 0 Å². The normalized spacial score (nSPS) is 11.6. The van der Waals surface area contributed by atoms with Gasteiger partial charge in [0.05, 0.1) is 10.7 Å². The van der Waals surface area contributed by atoms with Crippen molar-refractivity contribution in [2.75, 3.05) is 5.32 Å². The molecule has 18 heavy (non-hydrogen) atoms. The summed E-state index contributed by atoms with van der Waals surface area (Å²) in [5.41, 5.74) is 0.157. The molecule has 1 aromatic carbocycles. The topological polar surface area (TPSA) is 38.3 Å². The van der Waals surface area contributed by atoms with Gasteiger partial charge in [-0.15, -0.1) is 11.3 Å². The first kappa shape index (κ1) is 13.2. The van der Waals surface area contributed by atoms with Gasteiger partial charge >= 0.3 is 6.09 Å². The maximum Gasteiger partial charge on any atom is 0.412 e. The third-order valence-corrected chi connectivity index (χ3v) is 3.57. The van der Waals surface area contributed by atoms with Gasteiger partial charge in [0, 0.05) is 15.5 Å². The lowest BCUT2D eigenvalue weighted by Crippen LogP contribution is -2.27. The summed E-state index contributed by atoms with van der Waals surface area (Å²) >= 11 is 7.66. The molecule has 0 bridgehead atoms. The van der Waals surface area contributed by atoms with Crippen LogP contribution in [0.3, 0.4) is 0 Å². The van der Waals surface area contributed by atoms with Gasteiger partial charge in [-0.05, 0) is 32.9 Å². The van der Waals surface area contributed by atoms with Gasteiger partial charge in [-0.1, -0.05) is 17.7 Å². The number of carbonyl (C=O) groups is 1. The molecule has 1 amide bonds. The summed E-state index contributed by atoms with van der Waals surface area (Å²) in [6.07, 6.45) is -0.475. The molecule has 0 aliphatic rings. The Labute approximate surface area is 115 Å². The Morgan fingerprint density at radius 1 is 1.39 bits per heavy atom. The second-order valence-corrected chi connectivity index (χ2v) is 6.21. The second kappa shape index (κ2) is 4.78. The average Bonchev–Trinajstić information content (AvgIpc) is 2.58. The Morgan fingerprint density at radius 2 is 2.11 bits per heavy atom. The summed E-state index contributed by atoms with van der Waals surface area (Å²) < 4.78 is 6.25. The van der Waals surface area contributed by atoms with E-state index >= 15 is 0 Å². The van der Waals surface area contributed by atoms with Crippen LogP contribution in [0.1, 0.15) is 20.8 Å². The minimum Gasteiger partial charge on any atom is -0.444 e. The van der Waals surface area contributed by atoms with Crippen LogP contribution >= 0.6 is 22.9 Å². The van der Waals surface area contributed by atoms with E-state index in [1.54, 1.807) is 11.3 Å². The standard InChI is InChI=1S/C13H14ClNO2S/c1-13(2,3)17-12(16)15-9-5-4-6-10-11(9)8(14)7-18-10/h4-7H,1-3H3,(H,15,16). The van der Waals surface area contributed by atoms with Crippen molar-refractivity contribution >= 4 is 44.8 Å². The Bertz CT molecular complexity index is 586. The summed E-state index contributed by atoms with van der Waals surface area (Å²) in [6, 6.07) is 5.65. The molecule has 96 valence electrons. The lowest BCUT2D eigenvalue weighted by molar-refractivity contribution is 0.0636. The van der Waals surface area contributed by atoms with E-state index in [0.717, 1.165) is 10.1 Å². The zero-order valence-corrected chi connectivity index (χ0v) is 12.0. The van der Waals surface area contributed by atoms with Crippen molar-refractivity contribution in [1.29, 1.82) is 0 Å². The van der Waals surface area contributed by atoms with Gasteiger partial charge in [-0.25, -0.2) is 4.79 Å². The van der Waals surface area contributed by atoms with Crippen LogP contribution in [-0.2, 0) is 4.74 Å². The van der Waals surface area contributed by atoms with Gasteiger partial charge in [-0.3, -0.25) is 5.32 Å². The molecular weight excluding hydrogens is 270 g/mol. The number of thiophene rings is 1. The first-order chi connectivity index (χ1) is 8.37. The lowest BCUT2D eigenvalue weighted by atomic mass is 10.2. The zero-order valence-electron chi connectivity index (χ0n) is 10.4. The van der Waals surface area contributed by atoms with Crippen LogP contribution in [0.4, 0.5) is 10.5 Å². The van der Waals surface area contributed by atoms with Crippen LogP contribution < -0.4 is 5.32 Å². The maximum atomic E-state index is 11.7. The molecule has 2 aromatic rings. The monoisotopic (exact) mass is 283 g/mol. The Kier molecular flexibility index (Phi) is 3.50. The van der Waals surface area contributed by atoms with Crippen molar-refractivity contribution in [3.8, 4) is 0 Å². The Morgan fingerprint density at radius 3 is 2.78 bits per heavy atom. The number of amides is 1. The highest BCUT2D eigenvalue weighted by atomic mass is 35.5. The van der Waals surface area contributed by atoms with E-state index in [0.29, 0.717) is 10.7 Å². The molecule has 3 nitrogen and oxygen atoms in total. The number of carbonyl (C=O) groups excluding carboxylic acids is 1. The number of hydrogen-bond donors (Lipinski definition) is 1. The van der Waals surface area contributed by atoms with E-state index in [2.05, 4.69) is 5.32 Å². The predicted octanol–water partition coefficient (Wildman–Crippen LogP) is 4.90. The largest absolute Gasteiger partial charge is 0.444 e. The van der Waals surface area contributed by atoms with Crippen LogP contribution in [0, 0.1) is 0 Å². The highest BCUT2D eigenvalue weighted by Crippen LogP contribution is 2.35. The first-order valence-electron chi connectivity index (χ1n) is 5.52. The Hall–Kier alpha value is -1.26. The Balaban J connectivity index is 2.27. The molecule has 1 N–H and O–H groups in total. The highest BCUT2D eigenvalue weighted by molar-refractivity contribution is 7.18. The number of ether oxygens (including phenoxy) is 1. The fourth-order valence-corrected chi connectivity index (χ4v) is 2.80. The van der Waals surface area contributed by atoms with Crippen LogP contribution in [-0.4, -0.2) is 11.7 Å². The molecule has 5 heteroatoms.